The van der Waals surface area contributed by atoms with Crippen LogP contribution in [-0.2, 0) is 0 Å². The number of aromatic nitrogens is 1. The average molecular weight is 322 g/mol. The van der Waals surface area contributed by atoms with Crippen molar-refractivity contribution >= 4 is 38.2 Å². The molecule has 0 aliphatic rings. The Bertz CT molecular complexity index is 593. The Morgan fingerprint density at radius 3 is 2.79 bits per heavy atom. The fraction of sp³-hybridized carbons (Fsp3) is 0.400. The number of hydrogen-bond acceptors (Lipinski definition) is 3. The van der Waals surface area contributed by atoms with Gasteiger partial charge in [0.05, 0.1) is 11.2 Å². The van der Waals surface area contributed by atoms with Gasteiger partial charge in [-0.3, -0.25) is 4.98 Å². The normalized spacial score (nSPS) is 11.8. The van der Waals surface area contributed by atoms with Crippen LogP contribution in [0, 0.1) is 0 Å². The molecule has 0 unspecified atom stereocenters. The van der Waals surface area contributed by atoms with E-state index in [1.54, 1.807) is 6.20 Å². The summed E-state index contributed by atoms with van der Waals surface area (Å²) in [7, 11) is 0. The number of fused-ring (bicyclic) bond motifs is 1. The number of benzene rings is 1. The zero-order valence-electron chi connectivity index (χ0n) is 11.6. The van der Waals surface area contributed by atoms with Crippen LogP contribution in [0.2, 0.25) is 0 Å². The smallest absolute Gasteiger partial charge is 0.0954 e. The number of nitrogens with one attached hydrogen (secondary N) is 1. The second kappa shape index (κ2) is 5.37. The molecule has 1 aromatic carbocycles. The van der Waals surface area contributed by atoms with Crippen LogP contribution in [0.3, 0.4) is 0 Å². The molecular formula is C15H20BrN3. The molecule has 2 rings (SSSR count). The van der Waals surface area contributed by atoms with Gasteiger partial charge in [0.2, 0.25) is 0 Å². The lowest BCUT2D eigenvalue weighted by Gasteiger charge is -2.27. The maximum Gasteiger partial charge on any atom is 0.0954 e. The summed E-state index contributed by atoms with van der Waals surface area (Å²) in [5.74, 6) is 0. The van der Waals surface area contributed by atoms with Crippen molar-refractivity contribution in [2.75, 3.05) is 11.1 Å². The molecule has 0 saturated carbocycles. The number of halogens is 1. The average Bonchev–Trinajstić information content (AvgIpc) is 2.33. The summed E-state index contributed by atoms with van der Waals surface area (Å²) in [6, 6.07) is 5.95. The summed E-state index contributed by atoms with van der Waals surface area (Å²) in [4.78, 5) is 4.50. The van der Waals surface area contributed by atoms with Crippen LogP contribution >= 0.6 is 15.9 Å². The van der Waals surface area contributed by atoms with Crippen LogP contribution < -0.4 is 11.1 Å². The summed E-state index contributed by atoms with van der Waals surface area (Å²) < 4.78 is 0.941. The van der Waals surface area contributed by atoms with Gasteiger partial charge in [0.1, 0.15) is 0 Å². The topological polar surface area (TPSA) is 50.9 Å². The molecule has 2 aromatic rings. The highest BCUT2D eigenvalue weighted by atomic mass is 79.9. The Kier molecular flexibility index (Phi) is 3.99. The van der Waals surface area contributed by atoms with E-state index in [-0.39, 0.29) is 5.54 Å². The van der Waals surface area contributed by atoms with Crippen molar-refractivity contribution in [2.24, 2.45) is 0 Å². The molecule has 0 atom stereocenters. The minimum absolute atomic E-state index is 0.0482. The third-order valence-electron chi connectivity index (χ3n) is 3.20. The Morgan fingerprint density at radius 2 is 2.11 bits per heavy atom. The van der Waals surface area contributed by atoms with Gasteiger partial charge >= 0.3 is 0 Å². The fourth-order valence-electron chi connectivity index (χ4n) is 2.37. The van der Waals surface area contributed by atoms with E-state index in [4.69, 9.17) is 5.73 Å². The summed E-state index contributed by atoms with van der Waals surface area (Å²) >= 11 is 3.44. The zero-order chi connectivity index (χ0) is 14.0. The molecule has 0 fully saturated rings. The third-order valence-corrected chi connectivity index (χ3v) is 3.63. The summed E-state index contributed by atoms with van der Waals surface area (Å²) in [6.45, 7) is 6.61. The van der Waals surface area contributed by atoms with Crippen LogP contribution in [0.15, 0.2) is 28.9 Å². The van der Waals surface area contributed by atoms with Crippen LogP contribution in [-0.4, -0.2) is 10.5 Å². The van der Waals surface area contributed by atoms with E-state index in [0.29, 0.717) is 0 Å². The van der Waals surface area contributed by atoms with Gasteiger partial charge in [0, 0.05) is 27.3 Å². The largest absolute Gasteiger partial charge is 0.398 e. The molecule has 4 heteroatoms. The second-order valence-corrected chi connectivity index (χ2v) is 6.43. The second-order valence-electron chi connectivity index (χ2n) is 5.51. The van der Waals surface area contributed by atoms with E-state index in [2.05, 4.69) is 47.0 Å². The number of nitrogens with zero attached hydrogens (tertiary/aromatic N) is 1. The molecule has 0 spiro atoms. The molecule has 0 bridgehead atoms. The zero-order valence-corrected chi connectivity index (χ0v) is 13.2. The van der Waals surface area contributed by atoms with E-state index < -0.39 is 0 Å². The highest BCUT2D eigenvalue weighted by Gasteiger charge is 2.18. The third kappa shape index (κ3) is 3.18. The standard InChI is InChI=1S/C15H20BrN3/c1-4-7-15(2,3)19-13-6-5-12(17)11-8-10(16)9-18-14(11)13/h5-6,8-9,19H,4,7,17H2,1-3H3. The molecule has 1 aromatic heterocycles. The van der Waals surface area contributed by atoms with Gasteiger partial charge in [-0.05, 0) is 54.4 Å². The van der Waals surface area contributed by atoms with Crippen LogP contribution in [0.1, 0.15) is 33.6 Å². The van der Waals surface area contributed by atoms with Crippen molar-refractivity contribution in [3.8, 4) is 0 Å². The van der Waals surface area contributed by atoms with Crippen LogP contribution in [0.5, 0.6) is 0 Å². The number of anilines is 2. The lowest BCUT2D eigenvalue weighted by molar-refractivity contribution is 0.511. The predicted molar refractivity (Wildman–Crippen MR) is 86.5 cm³/mol. The maximum absolute atomic E-state index is 6.03. The van der Waals surface area contributed by atoms with Crippen LogP contribution in [0.25, 0.3) is 10.9 Å². The first-order valence-electron chi connectivity index (χ1n) is 6.55. The van der Waals surface area contributed by atoms with Gasteiger partial charge in [-0.1, -0.05) is 13.3 Å². The first kappa shape index (κ1) is 14.1. The highest BCUT2D eigenvalue weighted by molar-refractivity contribution is 9.10. The summed E-state index contributed by atoms with van der Waals surface area (Å²) in [6.07, 6.45) is 4.06. The molecule has 19 heavy (non-hydrogen) atoms. The van der Waals surface area contributed by atoms with E-state index in [0.717, 1.165) is 39.6 Å². The molecule has 3 N–H and O–H groups in total. The van der Waals surface area contributed by atoms with Crippen molar-refractivity contribution in [3.05, 3.63) is 28.9 Å². The van der Waals surface area contributed by atoms with Gasteiger partial charge < -0.3 is 11.1 Å². The van der Waals surface area contributed by atoms with Crippen molar-refractivity contribution in [1.82, 2.24) is 4.98 Å². The molecule has 102 valence electrons. The quantitative estimate of drug-likeness (QED) is 0.811. The molecule has 1 heterocycles. The minimum Gasteiger partial charge on any atom is -0.398 e. The minimum atomic E-state index is 0.0482. The Balaban J connectivity index is 2.47. The molecular weight excluding hydrogens is 302 g/mol. The van der Waals surface area contributed by atoms with E-state index in [9.17, 15) is 0 Å². The molecule has 0 aliphatic heterocycles. The Hall–Kier alpha value is -1.29. The van der Waals surface area contributed by atoms with Gasteiger partial charge in [-0.2, -0.15) is 0 Å². The summed E-state index contributed by atoms with van der Waals surface area (Å²) in [5, 5.41) is 4.55. The highest BCUT2D eigenvalue weighted by Crippen LogP contribution is 2.31. The molecule has 0 aliphatic carbocycles. The SMILES string of the molecule is CCCC(C)(C)Nc1ccc(N)c2cc(Br)cnc12. The van der Waals surface area contributed by atoms with Crippen LogP contribution in [0.4, 0.5) is 11.4 Å². The van der Waals surface area contributed by atoms with E-state index in [1.165, 1.54) is 0 Å². The van der Waals surface area contributed by atoms with Gasteiger partial charge in [-0.25, -0.2) is 0 Å². The Morgan fingerprint density at radius 1 is 1.37 bits per heavy atom. The summed E-state index contributed by atoms with van der Waals surface area (Å²) in [5.41, 5.74) is 8.79. The van der Waals surface area contributed by atoms with E-state index >= 15 is 0 Å². The van der Waals surface area contributed by atoms with Crippen molar-refractivity contribution in [3.63, 3.8) is 0 Å². The van der Waals surface area contributed by atoms with Crippen molar-refractivity contribution in [2.45, 2.75) is 39.2 Å². The van der Waals surface area contributed by atoms with Gasteiger partial charge in [-0.15, -0.1) is 0 Å². The molecule has 0 radical (unpaired) electrons. The lowest BCUT2D eigenvalue weighted by Crippen LogP contribution is -2.30. The first-order valence-corrected chi connectivity index (χ1v) is 7.34. The number of hydrogen-bond donors (Lipinski definition) is 2. The molecule has 3 nitrogen and oxygen atoms in total. The number of nitrogens with two attached hydrogens (primary N) is 1. The number of pyridine rings is 1. The van der Waals surface area contributed by atoms with Crippen molar-refractivity contribution in [1.29, 1.82) is 0 Å². The fourth-order valence-corrected chi connectivity index (χ4v) is 2.70. The van der Waals surface area contributed by atoms with E-state index in [1.807, 2.05) is 18.2 Å². The first-order chi connectivity index (χ1) is 8.93. The lowest BCUT2D eigenvalue weighted by atomic mass is 9.98. The van der Waals surface area contributed by atoms with Gasteiger partial charge in [0.15, 0.2) is 0 Å². The number of rotatable bonds is 4. The number of nitrogen functional groups attached to an aromatic ring is 1. The monoisotopic (exact) mass is 321 g/mol. The van der Waals surface area contributed by atoms with Gasteiger partial charge in [0.25, 0.3) is 0 Å². The van der Waals surface area contributed by atoms with Crippen molar-refractivity contribution < 1.29 is 0 Å². The predicted octanol–water partition coefficient (Wildman–Crippen LogP) is 4.57. The molecule has 0 amide bonds. The maximum atomic E-state index is 6.03. The Labute approximate surface area is 122 Å². The molecule has 0 saturated heterocycles.